The van der Waals surface area contributed by atoms with Crippen LogP contribution in [0, 0.1) is 0 Å². The molecule has 0 saturated heterocycles. The van der Waals surface area contributed by atoms with Crippen LogP contribution in [-0.4, -0.2) is 29.0 Å². The van der Waals surface area contributed by atoms with Gasteiger partial charge in [0.25, 0.3) is 0 Å². The normalized spacial score (nSPS) is 17.4. The summed E-state index contributed by atoms with van der Waals surface area (Å²) < 4.78 is 0.502. The van der Waals surface area contributed by atoms with Gasteiger partial charge in [0.2, 0.25) is 0 Å². The van der Waals surface area contributed by atoms with Crippen molar-refractivity contribution in [2.75, 3.05) is 20.6 Å². The monoisotopic (exact) mass is 255 g/mol. The van der Waals surface area contributed by atoms with Crippen LogP contribution >= 0.6 is 22.6 Å². The molecule has 2 heteroatoms. The van der Waals surface area contributed by atoms with Gasteiger partial charge < -0.3 is 4.90 Å². The van der Waals surface area contributed by atoms with Crippen LogP contribution in [0.1, 0.15) is 26.7 Å². The highest BCUT2D eigenvalue weighted by molar-refractivity contribution is 14.1. The summed E-state index contributed by atoms with van der Waals surface area (Å²) in [6, 6.07) is 0. The maximum atomic E-state index is 2.55. The van der Waals surface area contributed by atoms with E-state index in [0.29, 0.717) is 3.42 Å². The Labute approximate surface area is 78.3 Å². The number of alkyl halides is 1. The number of hydrogen-bond acceptors (Lipinski definition) is 1. The first-order valence-electron chi connectivity index (χ1n) is 3.81. The largest absolute Gasteiger partial charge is 0.309 e. The molecule has 0 aliphatic heterocycles. The van der Waals surface area contributed by atoms with Crippen molar-refractivity contribution in [2.24, 2.45) is 0 Å². The topological polar surface area (TPSA) is 3.24 Å². The summed E-state index contributed by atoms with van der Waals surface area (Å²) in [4.78, 5) is 2.24. The standard InChI is InChI=1S/C8H18IN/c1-5-8(2,9)6-7-10(3)4/h5-7H2,1-4H3. The first-order valence-corrected chi connectivity index (χ1v) is 4.89. The molecule has 0 amide bonds. The lowest BCUT2D eigenvalue weighted by Gasteiger charge is -2.22. The minimum atomic E-state index is 0.502. The third-order valence-corrected chi connectivity index (χ3v) is 3.12. The molecule has 1 unspecified atom stereocenters. The summed E-state index contributed by atoms with van der Waals surface area (Å²) in [6.45, 7) is 5.77. The van der Waals surface area contributed by atoms with Crippen LogP contribution < -0.4 is 0 Å². The maximum absolute atomic E-state index is 2.55. The molecule has 0 aromatic heterocycles. The molecule has 0 heterocycles. The fraction of sp³-hybridized carbons (Fsp3) is 1.00. The van der Waals surface area contributed by atoms with Gasteiger partial charge in [-0.2, -0.15) is 0 Å². The van der Waals surface area contributed by atoms with E-state index < -0.39 is 0 Å². The highest BCUT2D eigenvalue weighted by Crippen LogP contribution is 2.25. The molecule has 0 bridgehead atoms. The van der Waals surface area contributed by atoms with Gasteiger partial charge in [-0.25, -0.2) is 0 Å². The van der Waals surface area contributed by atoms with Crippen LogP contribution in [0.4, 0.5) is 0 Å². The molecule has 1 atom stereocenters. The van der Waals surface area contributed by atoms with Crippen molar-refractivity contribution < 1.29 is 0 Å². The van der Waals surface area contributed by atoms with E-state index >= 15 is 0 Å². The molecule has 0 aromatic rings. The summed E-state index contributed by atoms with van der Waals surface area (Å²) in [5.41, 5.74) is 0. The van der Waals surface area contributed by atoms with E-state index in [-0.39, 0.29) is 0 Å². The van der Waals surface area contributed by atoms with Crippen LogP contribution in [-0.2, 0) is 0 Å². The average molecular weight is 255 g/mol. The molecule has 0 aromatic carbocycles. The Kier molecular flexibility index (Phi) is 4.86. The summed E-state index contributed by atoms with van der Waals surface area (Å²) in [5.74, 6) is 0. The molecule has 10 heavy (non-hydrogen) atoms. The highest BCUT2D eigenvalue weighted by Gasteiger charge is 2.16. The Bertz CT molecular complexity index is 89.3. The minimum Gasteiger partial charge on any atom is -0.309 e. The average Bonchev–Trinajstić information content (AvgIpc) is 1.85. The minimum absolute atomic E-state index is 0.502. The number of halogens is 1. The lowest BCUT2D eigenvalue weighted by molar-refractivity contribution is 0.377. The summed E-state index contributed by atoms with van der Waals surface area (Å²) >= 11 is 2.55. The third-order valence-electron chi connectivity index (χ3n) is 1.82. The van der Waals surface area contributed by atoms with Gasteiger partial charge in [-0.05, 0) is 33.5 Å². The zero-order valence-corrected chi connectivity index (χ0v) is 9.60. The smallest absolute Gasteiger partial charge is 0.0203 e. The highest BCUT2D eigenvalue weighted by atomic mass is 127. The van der Waals surface area contributed by atoms with E-state index in [1.165, 1.54) is 19.4 Å². The first-order chi connectivity index (χ1) is 4.48. The van der Waals surface area contributed by atoms with Gasteiger partial charge in [0.1, 0.15) is 0 Å². The molecule has 0 saturated carbocycles. The van der Waals surface area contributed by atoms with Gasteiger partial charge in [-0.3, -0.25) is 0 Å². The number of hydrogen-bond donors (Lipinski definition) is 0. The van der Waals surface area contributed by atoms with Crippen LogP contribution in [0.2, 0.25) is 0 Å². The molecule has 62 valence electrons. The molecule has 0 aliphatic rings. The van der Waals surface area contributed by atoms with Crippen molar-refractivity contribution in [2.45, 2.75) is 30.1 Å². The Hall–Kier alpha value is 0.690. The SMILES string of the molecule is CCC(C)(I)CCN(C)C. The van der Waals surface area contributed by atoms with Gasteiger partial charge in [0.15, 0.2) is 0 Å². The Balaban J connectivity index is 3.46. The van der Waals surface area contributed by atoms with Crippen LogP contribution in [0.25, 0.3) is 0 Å². The van der Waals surface area contributed by atoms with E-state index in [1.807, 2.05) is 0 Å². The van der Waals surface area contributed by atoms with Crippen molar-refractivity contribution in [1.82, 2.24) is 4.90 Å². The number of nitrogens with zero attached hydrogens (tertiary/aromatic N) is 1. The fourth-order valence-corrected chi connectivity index (χ4v) is 0.875. The van der Waals surface area contributed by atoms with Gasteiger partial charge >= 0.3 is 0 Å². The molecule has 1 nitrogen and oxygen atoms in total. The zero-order valence-electron chi connectivity index (χ0n) is 7.45. The van der Waals surface area contributed by atoms with Gasteiger partial charge in [0, 0.05) is 3.42 Å². The summed E-state index contributed by atoms with van der Waals surface area (Å²) in [7, 11) is 4.25. The second-order valence-electron chi connectivity index (χ2n) is 3.32. The summed E-state index contributed by atoms with van der Waals surface area (Å²) in [5, 5.41) is 0. The second kappa shape index (κ2) is 4.54. The first kappa shape index (κ1) is 10.7. The van der Waals surface area contributed by atoms with Crippen molar-refractivity contribution in [3.63, 3.8) is 0 Å². The molecule has 0 fully saturated rings. The molecule has 0 N–H and O–H groups in total. The molecular formula is C8H18IN. The zero-order chi connectivity index (χ0) is 8.20. The quantitative estimate of drug-likeness (QED) is 0.551. The predicted octanol–water partition coefficient (Wildman–Crippen LogP) is 2.54. The van der Waals surface area contributed by atoms with Crippen molar-refractivity contribution in [3.8, 4) is 0 Å². The predicted molar refractivity (Wildman–Crippen MR) is 55.9 cm³/mol. The third kappa shape index (κ3) is 5.47. The van der Waals surface area contributed by atoms with Gasteiger partial charge in [-0.15, -0.1) is 0 Å². The Morgan fingerprint density at radius 3 is 2.20 bits per heavy atom. The molecule has 0 aliphatic carbocycles. The van der Waals surface area contributed by atoms with E-state index in [1.54, 1.807) is 0 Å². The lowest BCUT2D eigenvalue weighted by atomic mass is 10.1. The van der Waals surface area contributed by atoms with E-state index in [4.69, 9.17) is 0 Å². The van der Waals surface area contributed by atoms with Crippen LogP contribution in [0.5, 0.6) is 0 Å². The van der Waals surface area contributed by atoms with E-state index in [2.05, 4.69) is 55.4 Å². The lowest BCUT2D eigenvalue weighted by Crippen LogP contribution is -2.23. The maximum Gasteiger partial charge on any atom is 0.0203 e. The molecule has 0 spiro atoms. The van der Waals surface area contributed by atoms with Crippen molar-refractivity contribution >= 4 is 22.6 Å². The number of rotatable bonds is 4. The van der Waals surface area contributed by atoms with Crippen molar-refractivity contribution in [1.29, 1.82) is 0 Å². The Morgan fingerprint density at radius 2 is 1.90 bits per heavy atom. The van der Waals surface area contributed by atoms with Crippen molar-refractivity contribution in [3.05, 3.63) is 0 Å². The van der Waals surface area contributed by atoms with Gasteiger partial charge in [-0.1, -0.05) is 36.4 Å². The van der Waals surface area contributed by atoms with Crippen LogP contribution in [0.15, 0.2) is 0 Å². The Morgan fingerprint density at radius 1 is 1.40 bits per heavy atom. The van der Waals surface area contributed by atoms with Crippen LogP contribution in [0.3, 0.4) is 0 Å². The van der Waals surface area contributed by atoms with E-state index in [0.717, 1.165) is 0 Å². The van der Waals surface area contributed by atoms with E-state index in [9.17, 15) is 0 Å². The second-order valence-corrected chi connectivity index (χ2v) is 5.92. The summed E-state index contributed by atoms with van der Waals surface area (Å²) in [6.07, 6.45) is 2.55. The molecule has 0 rings (SSSR count). The molecule has 0 radical (unpaired) electrons. The molecular weight excluding hydrogens is 237 g/mol. The van der Waals surface area contributed by atoms with Gasteiger partial charge in [0.05, 0.1) is 0 Å². The fourth-order valence-electron chi connectivity index (χ4n) is 0.634.